The highest BCUT2D eigenvalue weighted by Crippen LogP contribution is 2.34. The average molecular weight is 177 g/mol. The summed E-state index contributed by atoms with van der Waals surface area (Å²) in [5.74, 6) is 0.456. The Bertz CT molecular complexity index is 309. The minimum absolute atomic E-state index is 0.427. The Morgan fingerprint density at radius 1 is 1.46 bits per heavy atom. The molecule has 0 heterocycles. The lowest BCUT2D eigenvalue weighted by molar-refractivity contribution is 0.443. The molecule has 2 N–H and O–H groups in total. The third-order valence-corrected chi connectivity index (χ3v) is 2.83. The van der Waals surface area contributed by atoms with Gasteiger partial charge in [0.1, 0.15) is 5.75 Å². The number of phenols is 1. The fourth-order valence-corrected chi connectivity index (χ4v) is 2.13. The van der Waals surface area contributed by atoms with Crippen molar-refractivity contribution in [1.29, 1.82) is 0 Å². The molecule has 0 amide bonds. The second-order valence-electron chi connectivity index (χ2n) is 3.58. The molecule has 0 radical (unpaired) electrons. The first-order chi connectivity index (χ1) is 6.33. The molecule has 0 aromatic heterocycles. The van der Waals surface area contributed by atoms with Gasteiger partial charge in [-0.2, -0.15) is 0 Å². The predicted molar refractivity (Wildman–Crippen MR) is 52.8 cm³/mol. The van der Waals surface area contributed by atoms with Crippen molar-refractivity contribution in [3.63, 3.8) is 0 Å². The van der Waals surface area contributed by atoms with Crippen molar-refractivity contribution in [1.82, 2.24) is 5.32 Å². The number of benzene rings is 1. The van der Waals surface area contributed by atoms with Crippen LogP contribution in [-0.4, -0.2) is 12.2 Å². The maximum atomic E-state index is 9.64. The number of phenolic OH excluding ortho intramolecular Hbond substituents is 1. The summed E-state index contributed by atoms with van der Waals surface area (Å²) >= 11 is 0. The van der Waals surface area contributed by atoms with Gasteiger partial charge in [0.25, 0.3) is 0 Å². The van der Waals surface area contributed by atoms with Crippen LogP contribution in [0.4, 0.5) is 0 Å². The molecule has 70 valence electrons. The molecular weight excluding hydrogens is 162 g/mol. The standard InChI is InChI=1S/C11H15NO/c1-12-10-6-2-5-9-8(10)4-3-7-11(9)13/h3-4,7,10,12-13H,2,5-6H2,1H3. The molecule has 2 heteroatoms. The van der Waals surface area contributed by atoms with E-state index in [0.717, 1.165) is 18.4 Å². The molecule has 13 heavy (non-hydrogen) atoms. The molecule has 0 spiro atoms. The summed E-state index contributed by atoms with van der Waals surface area (Å²) in [5, 5.41) is 12.9. The Morgan fingerprint density at radius 3 is 3.08 bits per heavy atom. The molecular formula is C11H15NO. The Hall–Kier alpha value is -1.02. The number of hydrogen-bond donors (Lipinski definition) is 2. The summed E-state index contributed by atoms with van der Waals surface area (Å²) in [6.45, 7) is 0. The monoisotopic (exact) mass is 177 g/mol. The molecule has 0 saturated heterocycles. The molecule has 1 aliphatic rings. The van der Waals surface area contributed by atoms with Crippen molar-refractivity contribution in [2.45, 2.75) is 25.3 Å². The first kappa shape index (κ1) is 8.57. The van der Waals surface area contributed by atoms with Gasteiger partial charge in [-0.05, 0) is 43.5 Å². The van der Waals surface area contributed by atoms with E-state index < -0.39 is 0 Å². The van der Waals surface area contributed by atoms with E-state index in [9.17, 15) is 5.11 Å². The van der Waals surface area contributed by atoms with Crippen LogP contribution >= 0.6 is 0 Å². The summed E-state index contributed by atoms with van der Waals surface area (Å²) < 4.78 is 0. The molecule has 1 aromatic carbocycles. The first-order valence-electron chi connectivity index (χ1n) is 4.81. The fourth-order valence-electron chi connectivity index (χ4n) is 2.13. The second-order valence-corrected chi connectivity index (χ2v) is 3.58. The van der Waals surface area contributed by atoms with Crippen LogP contribution in [0.2, 0.25) is 0 Å². The van der Waals surface area contributed by atoms with Crippen LogP contribution < -0.4 is 5.32 Å². The Kier molecular flexibility index (Phi) is 2.23. The van der Waals surface area contributed by atoms with Crippen LogP contribution in [-0.2, 0) is 6.42 Å². The van der Waals surface area contributed by atoms with Crippen LogP contribution in [0.1, 0.15) is 30.0 Å². The molecule has 1 aromatic rings. The van der Waals surface area contributed by atoms with Gasteiger partial charge >= 0.3 is 0 Å². The predicted octanol–water partition coefficient (Wildman–Crippen LogP) is 1.99. The van der Waals surface area contributed by atoms with Gasteiger partial charge in [0.15, 0.2) is 0 Å². The largest absolute Gasteiger partial charge is 0.508 e. The molecule has 0 fully saturated rings. The lowest BCUT2D eigenvalue weighted by atomic mass is 9.87. The van der Waals surface area contributed by atoms with Gasteiger partial charge in [0, 0.05) is 6.04 Å². The van der Waals surface area contributed by atoms with E-state index >= 15 is 0 Å². The zero-order valence-electron chi connectivity index (χ0n) is 7.88. The highest BCUT2D eigenvalue weighted by Gasteiger charge is 2.20. The van der Waals surface area contributed by atoms with Gasteiger partial charge in [-0.1, -0.05) is 12.1 Å². The zero-order chi connectivity index (χ0) is 9.26. The first-order valence-corrected chi connectivity index (χ1v) is 4.81. The van der Waals surface area contributed by atoms with E-state index in [1.807, 2.05) is 13.1 Å². The van der Waals surface area contributed by atoms with Crippen molar-refractivity contribution in [3.05, 3.63) is 29.3 Å². The van der Waals surface area contributed by atoms with Crippen LogP contribution in [0.15, 0.2) is 18.2 Å². The summed E-state index contributed by atoms with van der Waals surface area (Å²) in [5.41, 5.74) is 2.40. The lowest BCUT2D eigenvalue weighted by Crippen LogP contribution is -2.21. The topological polar surface area (TPSA) is 32.3 Å². The number of hydrogen-bond acceptors (Lipinski definition) is 2. The highest BCUT2D eigenvalue weighted by atomic mass is 16.3. The summed E-state index contributed by atoms with van der Waals surface area (Å²) in [4.78, 5) is 0. The summed E-state index contributed by atoms with van der Waals surface area (Å²) in [7, 11) is 1.98. The van der Waals surface area contributed by atoms with Gasteiger partial charge in [0.2, 0.25) is 0 Å². The van der Waals surface area contributed by atoms with Crippen LogP contribution in [0.25, 0.3) is 0 Å². The Balaban J connectivity index is 2.45. The molecule has 1 unspecified atom stereocenters. The molecule has 2 nitrogen and oxygen atoms in total. The number of nitrogens with one attached hydrogen (secondary N) is 1. The van der Waals surface area contributed by atoms with E-state index in [1.54, 1.807) is 6.07 Å². The van der Waals surface area contributed by atoms with Crippen LogP contribution in [0.5, 0.6) is 5.75 Å². The minimum atomic E-state index is 0.427. The van der Waals surface area contributed by atoms with Crippen molar-refractivity contribution >= 4 is 0 Å². The molecule has 0 bridgehead atoms. The lowest BCUT2D eigenvalue weighted by Gasteiger charge is -2.25. The van der Waals surface area contributed by atoms with E-state index in [2.05, 4.69) is 11.4 Å². The Morgan fingerprint density at radius 2 is 2.31 bits per heavy atom. The second kappa shape index (κ2) is 3.38. The van der Waals surface area contributed by atoms with Crippen molar-refractivity contribution in [3.8, 4) is 5.75 Å². The SMILES string of the molecule is CNC1CCCc2c(O)cccc21. The molecule has 0 aliphatic heterocycles. The molecule has 2 rings (SSSR count). The van der Waals surface area contributed by atoms with Gasteiger partial charge in [-0.3, -0.25) is 0 Å². The van der Waals surface area contributed by atoms with E-state index in [-0.39, 0.29) is 0 Å². The summed E-state index contributed by atoms with van der Waals surface area (Å²) in [6, 6.07) is 6.23. The molecule has 1 aliphatic carbocycles. The molecule has 0 saturated carbocycles. The fraction of sp³-hybridized carbons (Fsp3) is 0.455. The van der Waals surface area contributed by atoms with Crippen molar-refractivity contribution in [2.75, 3.05) is 7.05 Å². The third-order valence-electron chi connectivity index (χ3n) is 2.83. The maximum absolute atomic E-state index is 9.64. The highest BCUT2D eigenvalue weighted by molar-refractivity contribution is 5.42. The quantitative estimate of drug-likeness (QED) is 0.687. The number of aromatic hydroxyl groups is 1. The normalized spacial score (nSPS) is 21.2. The number of rotatable bonds is 1. The minimum Gasteiger partial charge on any atom is -0.508 e. The zero-order valence-corrected chi connectivity index (χ0v) is 7.88. The van der Waals surface area contributed by atoms with Gasteiger partial charge in [0.05, 0.1) is 0 Å². The van der Waals surface area contributed by atoms with E-state index in [1.165, 1.54) is 12.0 Å². The van der Waals surface area contributed by atoms with Crippen molar-refractivity contribution < 1.29 is 5.11 Å². The van der Waals surface area contributed by atoms with E-state index in [0.29, 0.717) is 11.8 Å². The Labute approximate surface area is 78.6 Å². The van der Waals surface area contributed by atoms with E-state index in [4.69, 9.17) is 0 Å². The van der Waals surface area contributed by atoms with Gasteiger partial charge in [-0.15, -0.1) is 0 Å². The average Bonchev–Trinajstić information content (AvgIpc) is 2.18. The smallest absolute Gasteiger partial charge is 0.119 e. The maximum Gasteiger partial charge on any atom is 0.119 e. The van der Waals surface area contributed by atoms with Gasteiger partial charge < -0.3 is 10.4 Å². The van der Waals surface area contributed by atoms with Crippen molar-refractivity contribution in [2.24, 2.45) is 0 Å². The van der Waals surface area contributed by atoms with Crippen LogP contribution in [0, 0.1) is 0 Å². The molecule has 1 atom stereocenters. The van der Waals surface area contributed by atoms with Crippen LogP contribution in [0.3, 0.4) is 0 Å². The number of fused-ring (bicyclic) bond motifs is 1. The third kappa shape index (κ3) is 1.42. The van der Waals surface area contributed by atoms with Gasteiger partial charge in [-0.25, -0.2) is 0 Å². The summed E-state index contributed by atoms with van der Waals surface area (Å²) in [6.07, 6.45) is 3.35.